The summed E-state index contributed by atoms with van der Waals surface area (Å²) >= 11 is 0. The molecule has 1 fully saturated rings. The Balaban J connectivity index is 1.99. The van der Waals surface area contributed by atoms with Crippen LogP contribution in [0.25, 0.3) is 0 Å². The fourth-order valence-corrected chi connectivity index (χ4v) is 3.32. The smallest absolute Gasteiger partial charge is 0.355 e. The molecule has 2 N–H and O–H groups in total. The second-order valence-corrected chi connectivity index (χ2v) is 6.57. The van der Waals surface area contributed by atoms with Crippen LogP contribution < -0.4 is 5.32 Å². The summed E-state index contributed by atoms with van der Waals surface area (Å²) in [7, 11) is 0. The van der Waals surface area contributed by atoms with Crippen molar-refractivity contribution in [1.29, 1.82) is 0 Å². The molecule has 6 nitrogen and oxygen atoms in total. The lowest BCUT2D eigenvalue weighted by Gasteiger charge is -2.24. The molecule has 0 aromatic carbocycles. The number of aromatic nitrogens is 1. The maximum Gasteiger partial charge on any atom is 0.355 e. The van der Waals surface area contributed by atoms with Gasteiger partial charge in [0.1, 0.15) is 5.69 Å². The van der Waals surface area contributed by atoms with Crippen LogP contribution in [0, 0.1) is 13.8 Å². The Morgan fingerprint density at radius 1 is 1.17 bits per heavy atom. The van der Waals surface area contributed by atoms with Crippen molar-refractivity contribution >= 4 is 17.7 Å². The van der Waals surface area contributed by atoms with Crippen LogP contribution in [0.4, 0.5) is 0 Å². The van der Waals surface area contributed by atoms with Gasteiger partial charge in [-0.2, -0.15) is 0 Å². The standard InChI is InChI=1S/C18H26N2O4/c1-10-15(12(3)21)11(2)19-16(10)18(23)24-13(4)17(22)20-14-8-6-5-7-9-14/h13-14,19H,5-9H2,1-4H3,(H,20,22)/t13-/m0/s1. The lowest BCUT2D eigenvalue weighted by Crippen LogP contribution is -2.42. The van der Waals surface area contributed by atoms with Gasteiger partial charge >= 0.3 is 5.97 Å². The molecule has 1 aromatic rings. The molecule has 1 aliphatic carbocycles. The van der Waals surface area contributed by atoms with Crippen molar-refractivity contribution in [3.63, 3.8) is 0 Å². The largest absolute Gasteiger partial charge is 0.448 e. The summed E-state index contributed by atoms with van der Waals surface area (Å²) in [4.78, 5) is 39.0. The molecule has 1 saturated carbocycles. The number of ether oxygens (including phenoxy) is 1. The van der Waals surface area contributed by atoms with E-state index in [-0.39, 0.29) is 23.4 Å². The van der Waals surface area contributed by atoms with Crippen LogP contribution in [-0.4, -0.2) is 34.8 Å². The molecular formula is C18H26N2O4. The summed E-state index contributed by atoms with van der Waals surface area (Å²) in [6.07, 6.45) is 4.53. The zero-order valence-electron chi connectivity index (χ0n) is 14.8. The number of carbonyl (C=O) groups excluding carboxylic acids is 3. The number of nitrogens with one attached hydrogen (secondary N) is 2. The predicted octanol–water partition coefficient (Wildman–Crippen LogP) is 2.83. The number of H-pyrrole nitrogens is 1. The molecule has 1 aliphatic rings. The second-order valence-electron chi connectivity index (χ2n) is 6.57. The molecule has 0 unspecified atom stereocenters. The molecule has 1 amide bonds. The Morgan fingerprint density at radius 2 is 1.79 bits per heavy atom. The molecule has 0 radical (unpaired) electrons. The number of amides is 1. The molecule has 0 spiro atoms. The van der Waals surface area contributed by atoms with Crippen LogP contribution in [0.1, 0.15) is 78.1 Å². The van der Waals surface area contributed by atoms with Crippen molar-refractivity contribution in [2.45, 2.75) is 71.9 Å². The number of aryl methyl sites for hydroxylation is 1. The first kappa shape index (κ1) is 18.2. The Morgan fingerprint density at radius 3 is 2.33 bits per heavy atom. The lowest BCUT2D eigenvalue weighted by atomic mass is 9.95. The molecule has 0 saturated heterocycles. The fourth-order valence-electron chi connectivity index (χ4n) is 3.32. The van der Waals surface area contributed by atoms with E-state index in [2.05, 4.69) is 10.3 Å². The molecule has 0 aliphatic heterocycles. The highest BCUT2D eigenvalue weighted by Gasteiger charge is 2.26. The average Bonchev–Trinajstić information content (AvgIpc) is 2.83. The van der Waals surface area contributed by atoms with E-state index < -0.39 is 12.1 Å². The minimum Gasteiger partial charge on any atom is -0.448 e. The lowest BCUT2D eigenvalue weighted by molar-refractivity contribution is -0.130. The van der Waals surface area contributed by atoms with Gasteiger partial charge in [0.25, 0.3) is 5.91 Å². The Bertz CT molecular complexity index is 642. The van der Waals surface area contributed by atoms with Gasteiger partial charge in [0, 0.05) is 17.3 Å². The number of ketones is 1. The predicted molar refractivity (Wildman–Crippen MR) is 90.2 cm³/mol. The maximum atomic E-state index is 12.3. The van der Waals surface area contributed by atoms with Crippen molar-refractivity contribution in [2.75, 3.05) is 0 Å². The highest BCUT2D eigenvalue weighted by Crippen LogP contribution is 2.20. The summed E-state index contributed by atoms with van der Waals surface area (Å²) in [5, 5.41) is 2.94. The molecule has 0 bridgehead atoms. The van der Waals surface area contributed by atoms with E-state index in [0.29, 0.717) is 16.8 Å². The third-order valence-electron chi connectivity index (χ3n) is 4.60. The second kappa shape index (κ2) is 7.64. The van der Waals surface area contributed by atoms with Gasteiger partial charge < -0.3 is 15.0 Å². The quantitative estimate of drug-likeness (QED) is 0.640. The topological polar surface area (TPSA) is 88.3 Å². The van der Waals surface area contributed by atoms with Gasteiger partial charge in [-0.05, 0) is 46.1 Å². The van der Waals surface area contributed by atoms with Crippen LogP contribution in [0.5, 0.6) is 0 Å². The van der Waals surface area contributed by atoms with E-state index >= 15 is 0 Å². The number of hydrogen-bond donors (Lipinski definition) is 2. The minimum atomic E-state index is -0.872. The number of aromatic amines is 1. The molecule has 2 rings (SSSR count). The summed E-state index contributed by atoms with van der Waals surface area (Å²) < 4.78 is 5.28. The fraction of sp³-hybridized carbons (Fsp3) is 0.611. The molecule has 1 atom stereocenters. The van der Waals surface area contributed by atoms with E-state index in [4.69, 9.17) is 4.74 Å². The first-order chi connectivity index (χ1) is 11.3. The van der Waals surface area contributed by atoms with Gasteiger partial charge in [0.15, 0.2) is 11.9 Å². The van der Waals surface area contributed by atoms with Gasteiger partial charge in [0.05, 0.1) is 0 Å². The van der Waals surface area contributed by atoms with E-state index in [0.717, 1.165) is 25.7 Å². The van der Waals surface area contributed by atoms with Crippen molar-refractivity contribution in [3.8, 4) is 0 Å². The Labute approximate surface area is 142 Å². The van der Waals surface area contributed by atoms with Crippen LogP contribution in [0.2, 0.25) is 0 Å². The van der Waals surface area contributed by atoms with Gasteiger partial charge in [-0.15, -0.1) is 0 Å². The van der Waals surface area contributed by atoms with Crippen molar-refractivity contribution in [3.05, 3.63) is 22.5 Å². The summed E-state index contributed by atoms with van der Waals surface area (Å²) in [5.41, 5.74) is 1.92. The van der Waals surface area contributed by atoms with Crippen molar-refractivity contribution < 1.29 is 19.1 Å². The van der Waals surface area contributed by atoms with Gasteiger partial charge in [-0.25, -0.2) is 4.79 Å². The number of hydrogen-bond acceptors (Lipinski definition) is 4. The Hall–Kier alpha value is -2.11. The summed E-state index contributed by atoms with van der Waals surface area (Å²) in [6, 6.07) is 0.172. The van der Waals surface area contributed by atoms with E-state index in [9.17, 15) is 14.4 Å². The van der Waals surface area contributed by atoms with Gasteiger partial charge in [-0.1, -0.05) is 19.3 Å². The number of rotatable bonds is 5. The minimum absolute atomic E-state index is 0.108. The zero-order chi connectivity index (χ0) is 17.9. The first-order valence-electron chi connectivity index (χ1n) is 8.52. The van der Waals surface area contributed by atoms with Gasteiger partial charge in [0.2, 0.25) is 0 Å². The molecule has 6 heteroatoms. The van der Waals surface area contributed by atoms with E-state index in [1.807, 2.05) is 0 Å². The molecule has 1 aromatic heterocycles. The zero-order valence-corrected chi connectivity index (χ0v) is 14.8. The summed E-state index contributed by atoms with van der Waals surface area (Å²) in [5.74, 6) is -0.999. The summed E-state index contributed by atoms with van der Waals surface area (Å²) in [6.45, 7) is 6.45. The third-order valence-corrected chi connectivity index (χ3v) is 4.60. The van der Waals surface area contributed by atoms with Crippen LogP contribution >= 0.6 is 0 Å². The van der Waals surface area contributed by atoms with Crippen molar-refractivity contribution in [2.24, 2.45) is 0 Å². The third kappa shape index (κ3) is 4.04. The molecule has 1 heterocycles. The van der Waals surface area contributed by atoms with E-state index in [1.165, 1.54) is 13.3 Å². The van der Waals surface area contributed by atoms with Gasteiger partial charge in [-0.3, -0.25) is 9.59 Å². The van der Waals surface area contributed by atoms with E-state index in [1.54, 1.807) is 20.8 Å². The number of carbonyl (C=O) groups is 3. The SMILES string of the molecule is CC(=O)c1c(C)[nH]c(C(=O)O[C@@H](C)C(=O)NC2CCCCC2)c1C. The maximum absolute atomic E-state index is 12.3. The van der Waals surface area contributed by atoms with Crippen molar-refractivity contribution in [1.82, 2.24) is 10.3 Å². The highest BCUT2D eigenvalue weighted by atomic mass is 16.5. The number of Topliss-reactive ketones (excluding diaryl/α,β-unsaturated/α-hetero) is 1. The molecule has 24 heavy (non-hydrogen) atoms. The Kier molecular flexibility index (Phi) is 5.80. The monoisotopic (exact) mass is 334 g/mol. The van der Waals surface area contributed by atoms with Crippen LogP contribution in [0.15, 0.2) is 0 Å². The number of esters is 1. The van der Waals surface area contributed by atoms with Crippen LogP contribution in [-0.2, 0) is 9.53 Å². The first-order valence-corrected chi connectivity index (χ1v) is 8.52. The highest BCUT2D eigenvalue weighted by molar-refractivity contribution is 6.01. The average molecular weight is 334 g/mol. The molecular weight excluding hydrogens is 308 g/mol. The molecule has 132 valence electrons. The normalized spacial score (nSPS) is 16.5. The van der Waals surface area contributed by atoms with Crippen LogP contribution in [0.3, 0.4) is 0 Å².